The van der Waals surface area contributed by atoms with Gasteiger partial charge in [0.25, 0.3) is 5.91 Å². The second kappa shape index (κ2) is 8.92. The Morgan fingerprint density at radius 3 is 2.57 bits per heavy atom. The highest BCUT2D eigenvalue weighted by Gasteiger charge is 2.30. The molecule has 1 aliphatic heterocycles. The van der Waals surface area contributed by atoms with Crippen LogP contribution in [0.4, 0.5) is 0 Å². The fraction of sp³-hybridized carbons (Fsp3) is 0.174. The number of nitrogens with one attached hydrogen (secondary N) is 1. The molecule has 2 aromatic carbocycles. The number of aryl methyl sites for hydroxylation is 1. The predicted octanol–water partition coefficient (Wildman–Crippen LogP) is 3.74. The summed E-state index contributed by atoms with van der Waals surface area (Å²) in [5.41, 5.74) is 3.40. The molecule has 152 valence electrons. The molecule has 0 bridgehead atoms. The molecule has 1 fully saturated rings. The van der Waals surface area contributed by atoms with E-state index in [1.807, 2.05) is 72.4 Å². The Kier molecular flexibility index (Phi) is 5.90. The van der Waals surface area contributed by atoms with Gasteiger partial charge in [0, 0.05) is 18.3 Å². The zero-order chi connectivity index (χ0) is 20.9. The lowest BCUT2D eigenvalue weighted by Gasteiger charge is -2.12. The van der Waals surface area contributed by atoms with E-state index in [-0.39, 0.29) is 5.91 Å². The highest BCUT2D eigenvalue weighted by molar-refractivity contribution is 7.80. The standard InChI is InChI=1S/C23H22N4O2S/c1-2-26-14-19(13-24-26)15-27-22(28)21(25-23(27)30)12-17-8-10-20(11-9-17)29-16-18-6-4-3-5-7-18/h3-14H,2,15-16H2,1H3,(H,25,30)/b21-12+. The van der Waals surface area contributed by atoms with Crippen molar-refractivity contribution in [3.8, 4) is 5.75 Å². The first-order valence-electron chi connectivity index (χ1n) is 9.75. The van der Waals surface area contributed by atoms with Crippen LogP contribution in [0.3, 0.4) is 0 Å². The number of benzene rings is 2. The van der Waals surface area contributed by atoms with Crippen molar-refractivity contribution in [1.82, 2.24) is 20.0 Å². The minimum Gasteiger partial charge on any atom is -0.489 e. The maximum atomic E-state index is 12.8. The Morgan fingerprint density at radius 1 is 1.10 bits per heavy atom. The summed E-state index contributed by atoms with van der Waals surface area (Å²) >= 11 is 5.35. The topological polar surface area (TPSA) is 59.4 Å². The molecule has 0 aliphatic carbocycles. The highest BCUT2D eigenvalue weighted by atomic mass is 32.1. The average Bonchev–Trinajstić information content (AvgIpc) is 3.34. The van der Waals surface area contributed by atoms with Gasteiger partial charge in [0.05, 0.1) is 12.7 Å². The summed E-state index contributed by atoms with van der Waals surface area (Å²) in [6, 6.07) is 17.6. The number of carbonyl (C=O) groups excluding carboxylic acids is 1. The number of ether oxygens (including phenoxy) is 1. The Balaban J connectivity index is 1.40. The van der Waals surface area contributed by atoms with Gasteiger partial charge in [-0.3, -0.25) is 14.4 Å². The monoisotopic (exact) mass is 418 g/mol. The Morgan fingerprint density at radius 2 is 1.87 bits per heavy atom. The third-order valence-electron chi connectivity index (χ3n) is 4.75. The van der Waals surface area contributed by atoms with Gasteiger partial charge in [-0.1, -0.05) is 42.5 Å². The normalized spacial score (nSPS) is 15.0. The van der Waals surface area contributed by atoms with Crippen molar-refractivity contribution in [3.05, 3.63) is 89.4 Å². The molecule has 2 heterocycles. The quantitative estimate of drug-likeness (QED) is 0.468. The first-order chi connectivity index (χ1) is 14.6. The molecule has 1 amide bonds. The second-order valence-electron chi connectivity index (χ2n) is 6.93. The SMILES string of the molecule is CCn1cc(CN2C(=O)/C(=C\c3ccc(OCc4ccccc4)cc3)NC2=S)cn1. The van der Waals surface area contributed by atoms with Crippen LogP contribution >= 0.6 is 12.2 Å². The maximum Gasteiger partial charge on any atom is 0.276 e. The highest BCUT2D eigenvalue weighted by Crippen LogP contribution is 2.19. The third-order valence-corrected chi connectivity index (χ3v) is 5.08. The zero-order valence-corrected chi connectivity index (χ0v) is 17.4. The van der Waals surface area contributed by atoms with Gasteiger partial charge in [0.15, 0.2) is 5.11 Å². The van der Waals surface area contributed by atoms with Crippen molar-refractivity contribution in [3.63, 3.8) is 0 Å². The number of rotatable bonds is 7. The minimum absolute atomic E-state index is 0.145. The molecule has 1 saturated heterocycles. The molecule has 0 spiro atoms. The number of amides is 1. The summed E-state index contributed by atoms with van der Waals surface area (Å²) in [5.74, 6) is 0.630. The molecule has 0 radical (unpaired) electrons. The summed E-state index contributed by atoms with van der Waals surface area (Å²) in [6.45, 7) is 3.71. The van der Waals surface area contributed by atoms with Gasteiger partial charge in [-0.05, 0) is 48.5 Å². The van der Waals surface area contributed by atoms with E-state index < -0.39 is 0 Å². The van der Waals surface area contributed by atoms with Crippen molar-refractivity contribution in [2.75, 3.05) is 0 Å². The van der Waals surface area contributed by atoms with Crippen LogP contribution in [0.15, 0.2) is 72.7 Å². The number of hydrogen-bond acceptors (Lipinski definition) is 4. The summed E-state index contributed by atoms with van der Waals surface area (Å²) in [4.78, 5) is 14.3. The fourth-order valence-electron chi connectivity index (χ4n) is 3.13. The van der Waals surface area contributed by atoms with Crippen LogP contribution in [0.25, 0.3) is 6.08 Å². The smallest absolute Gasteiger partial charge is 0.276 e. The summed E-state index contributed by atoms with van der Waals surface area (Å²) in [5, 5.41) is 7.66. The van der Waals surface area contributed by atoms with Gasteiger partial charge in [-0.15, -0.1) is 0 Å². The molecule has 1 aromatic heterocycles. The van der Waals surface area contributed by atoms with E-state index in [4.69, 9.17) is 17.0 Å². The second-order valence-corrected chi connectivity index (χ2v) is 7.31. The molecule has 0 atom stereocenters. The molecule has 4 rings (SSSR count). The molecule has 0 saturated carbocycles. The molecule has 3 aromatic rings. The number of hydrogen-bond donors (Lipinski definition) is 1. The third kappa shape index (κ3) is 4.58. The molecule has 1 N–H and O–H groups in total. The van der Waals surface area contributed by atoms with Crippen molar-refractivity contribution >= 4 is 29.3 Å². The van der Waals surface area contributed by atoms with E-state index in [0.717, 1.165) is 29.0 Å². The lowest BCUT2D eigenvalue weighted by molar-refractivity contribution is -0.122. The minimum atomic E-state index is -0.145. The van der Waals surface area contributed by atoms with Crippen LogP contribution < -0.4 is 10.1 Å². The summed E-state index contributed by atoms with van der Waals surface area (Å²) in [7, 11) is 0. The van der Waals surface area contributed by atoms with Gasteiger partial charge < -0.3 is 10.1 Å². The first kappa shape index (κ1) is 19.8. The number of thiocarbonyl (C=S) groups is 1. The number of nitrogens with zero attached hydrogens (tertiary/aromatic N) is 3. The predicted molar refractivity (Wildman–Crippen MR) is 119 cm³/mol. The van der Waals surface area contributed by atoms with Gasteiger partial charge in [0.1, 0.15) is 18.1 Å². The van der Waals surface area contributed by atoms with Crippen LogP contribution in [-0.4, -0.2) is 25.7 Å². The molecular formula is C23H22N4O2S. The van der Waals surface area contributed by atoms with Crippen molar-refractivity contribution in [2.24, 2.45) is 0 Å². The van der Waals surface area contributed by atoms with E-state index in [1.54, 1.807) is 17.2 Å². The molecule has 1 aliphatic rings. The molecule has 30 heavy (non-hydrogen) atoms. The lowest BCUT2D eigenvalue weighted by Crippen LogP contribution is -2.29. The van der Waals surface area contributed by atoms with Crippen LogP contribution in [0.1, 0.15) is 23.6 Å². The Bertz CT molecular complexity index is 1070. The van der Waals surface area contributed by atoms with Gasteiger partial charge in [0.2, 0.25) is 0 Å². The number of carbonyl (C=O) groups is 1. The molecular weight excluding hydrogens is 396 g/mol. The van der Waals surface area contributed by atoms with E-state index in [9.17, 15) is 4.79 Å². The van der Waals surface area contributed by atoms with E-state index in [2.05, 4.69) is 10.4 Å². The molecule has 7 heteroatoms. The Labute approximate surface area is 180 Å². The van der Waals surface area contributed by atoms with E-state index >= 15 is 0 Å². The summed E-state index contributed by atoms with van der Waals surface area (Å²) in [6.07, 6.45) is 5.48. The first-order valence-corrected chi connectivity index (χ1v) is 10.2. The van der Waals surface area contributed by atoms with Crippen LogP contribution in [0.5, 0.6) is 5.75 Å². The maximum absolute atomic E-state index is 12.8. The van der Waals surface area contributed by atoms with Crippen molar-refractivity contribution in [1.29, 1.82) is 0 Å². The van der Waals surface area contributed by atoms with Crippen molar-refractivity contribution in [2.45, 2.75) is 26.6 Å². The van der Waals surface area contributed by atoms with Crippen LogP contribution in [-0.2, 0) is 24.5 Å². The Hall–Kier alpha value is -3.45. The van der Waals surface area contributed by atoms with Crippen LogP contribution in [0, 0.1) is 0 Å². The van der Waals surface area contributed by atoms with E-state index in [1.165, 1.54) is 0 Å². The van der Waals surface area contributed by atoms with Gasteiger partial charge in [-0.25, -0.2) is 0 Å². The van der Waals surface area contributed by atoms with Crippen molar-refractivity contribution < 1.29 is 9.53 Å². The largest absolute Gasteiger partial charge is 0.489 e. The number of aromatic nitrogens is 2. The summed E-state index contributed by atoms with van der Waals surface area (Å²) < 4.78 is 7.63. The fourth-order valence-corrected chi connectivity index (χ4v) is 3.38. The van der Waals surface area contributed by atoms with Gasteiger partial charge >= 0.3 is 0 Å². The average molecular weight is 419 g/mol. The van der Waals surface area contributed by atoms with Crippen LogP contribution in [0.2, 0.25) is 0 Å². The molecule has 6 nitrogen and oxygen atoms in total. The molecule has 0 unspecified atom stereocenters. The van der Waals surface area contributed by atoms with E-state index in [0.29, 0.717) is 24.0 Å². The lowest BCUT2D eigenvalue weighted by atomic mass is 10.2. The van der Waals surface area contributed by atoms with Gasteiger partial charge in [-0.2, -0.15) is 5.10 Å². The zero-order valence-electron chi connectivity index (χ0n) is 16.6.